The van der Waals surface area contributed by atoms with Crippen molar-refractivity contribution < 1.29 is 4.79 Å². The van der Waals surface area contributed by atoms with E-state index in [1.54, 1.807) is 41.8 Å². The number of amides is 1. The van der Waals surface area contributed by atoms with E-state index in [1.165, 1.54) is 0 Å². The van der Waals surface area contributed by atoms with Crippen molar-refractivity contribution in [1.82, 2.24) is 9.55 Å². The van der Waals surface area contributed by atoms with Gasteiger partial charge in [-0.15, -0.1) is 0 Å². The fraction of sp³-hybridized carbons (Fsp3) is 0.222. The quantitative estimate of drug-likeness (QED) is 0.288. The lowest BCUT2D eigenvalue weighted by Crippen LogP contribution is -2.29. The Bertz CT molecular complexity index is 1530. The Morgan fingerprint density at radius 2 is 1.69 bits per heavy atom. The summed E-state index contributed by atoms with van der Waals surface area (Å²) < 4.78 is 1.65. The van der Waals surface area contributed by atoms with Crippen LogP contribution in [0.3, 0.4) is 0 Å². The van der Waals surface area contributed by atoms with E-state index in [9.17, 15) is 9.59 Å². The molecule has 2 aromatic heterocycles. The number of hydrogen-bond donors (Lipinski definition) is 2. The molecular formula is C27H25Cl3N4O2. The van der Waals surface area contributed by atoms with Crippen molar-refractivity contribution in [1.29, 1.82) is 0 Å². The minimum atomic E-state index is -0.404. The maximum Gasteiger partial charge on any atom is 0.257 e. The molecule has 0 unspecified atom stereocenters. The molecule has 4 rings (SSSR count). The number of pyridine rings is 2. The average Bonchev–Trinajstić information content (AvgIpc) is 2.84. The molecule has 0 saturated heterocycles. The van der Waals surface area contributed by atoms with Crippen LogP contribution in [0.15, 0.2) is 53.3 Å². The van der Waals surface area contributed by atoms with Gasteiger partial charge in [0.05, 0.1) is 22.9 Å². The van der Waals surface area contributed by atoms with E-state index in [0.717, 1.165) is 11.1 Å². The van der Waals surface area contributed by atoms with Gasteiger partial charge in [-0.2, -0.15) is 0 Å². The molecule has 0 aliphatic rings. The number of fused-ring (bicyclic) bond motifs is 1. The number of nitrogens with two attached hydrogens (primary N) is 1. The van der Waals surface area contributed by atoms with Gasteiger partial charge in [-0.3, -0.25) is 14.2 Å². The third-order valence-electron chi connectivity index (χ3n) is 5.81. The number of nitrogens with zero attached hydrogens (tertiary/aromatic N) is 2. The summed E-state index contributed by atoms with van der Waals surface area (Å²) in [5.74, 6) is -0.228. The standard InChI is InChI=1S/C27H25Cl3N4O2/c1-14(2)13-34-26-21(24(15(3)27(34)36)32-23(35)12-31)11-20(16-4-6-17(28)7-5-16)25(33-26)19-9-8-18(29)10-22(19)30/h4-11,14H,12-13,31H2,1-3H3,(H,32,35). The first kappa shape index (κ1) is 26.2. The highest BCUT2D eigenvalue weighted by Crippen LogP contribution is 2.39. The predicted octanol–water partition coefficient (Wildman–Crippen LogP) is 6.55. The second kappa shape index (κ2) is 10.6. The van der Waals surface area contributed by atoms with Gasteiger partial charge in [0.1, 0.15) is 5.65 Å². The number of carbonyl (C=O) groups is 1. The van der Waals surface area contributed by atoms with Crippen molar-refractivity contribution in [2.24, 2.45) is 11.7 Å². The lowest BCUT2D eigenvalue weighted by molar-refractivity contribution is -0.114. The molecule has 6 nitrogen and oxygen atoms in total. The minimum Gasteiger partial charge on any atom is -0.324 e. The van der Waals surface area contributed by atoms with Gasteiger partial charge >= 0.3 is 0 Å². The van der Waals surface area contributed by atoms with Crippen LogP contribution in [-0.4, -0.2) is 22.0 Å². The van der Waals surface area contributed by atoms with Crippen LogP contribution < -0.4 is 16.6 Å². The molecule has 186 valence electrons. The summed E-state index contributed by atoms with van der Waals surface area (Å²) >= 11 is 18.9. The minimum absolute atomic E-state index is 0.176. The molecule has 0 atom stereocenters. The SMILES string of the molecule is Cc1c(NC(=O)CN)c2cc(-c3ccc(Cl)cc3)c(-c3ccc(Cl)cc3Cl)nc2n(CC(C)C)c1=O. The largest absolute Gasteiger partial charge is 0.324 e. The Morgan fingerprint density at radius 3 is 2.31 bits per heavy atom. The average molecular weight is 544 g/mol. The van der Waals surface area contributed by atoms with Crippen LogP contribution in [0.25, 0.3) is 33.4 Å². The monoisotopic (exact) mass is 542 g/mol. The van der Waals surface area contributed by atoms with Gasteiger partial charge < -0.3 is 11.1 Å². The fourth-order valence-corrected chi connectivity index (χ4v) is 4.75. The van der Waals surface area contributed by atoms with Gasteiger partial charge in [0, 0.05) is 38.7 Å². The lowest BCUT2D eigenvalue weighted by Gasteiger charge is -2.20. The van der Waals surface area contributed by atoms with E-state index in [1.807, 2.05) is 32.0 Å². The topological polar surface area (TPSA) is 90.0 Å². The number of benzene rings is 2. The molecule has 0 saturated carbocycles. The molecule has 4 aromatic rings. The zero-order chi connectivity index (χ0) is 26.1. The van der Waals surface area contributed by atoms with Crippen LogP contribution in [0.2, 0.25) is 15.1 Å². The van der Waals surface area contributed by atoms with E-state index < -0.39 is 5.91 Å². The summed E-state index contributed by atoms with van der Waals surface area (Å²) in [6.45, 7) is 5.97. The van der Waals surface area contributed by atoms with E-state index in [2.05, 4.69) is 5.32 Å². The van der Waals surface area contributed by atoms with Gasteiger partial charge in [-0.25, -0.2) is 4.98 Å². The molecule has 2 aromatic carbocycles. The van der Waals surface area contributed by atoms with Gasteiger partial charge in [-0.05, 0) is 54.8 Å². The second-order valence-corrected chi connectivity index (χ2v) is 10.2. The van der Waals surface area contributed by atoms with Crippen LogP contribution in [0.1, 0.15) is 19.4 Å². The van der Waals surface area contributed by atoms with Crippen LogP contribution >= 0.6 is 34.8 Å². The Hall–Kier alpha value is -2.90. The van der Waals surface area contributed by atoms with Crippen molar-refractivity contribution in [2.45, 2.75) is 27.3 Å². The molecule has 0 aliphatic heterocycles. The van der Waals surface area contributed by atoms with Crippen molar-refractivity contribution in [2.75, 3.05) is 11.9 Å². The van der Waals surface area contributed by atoms with Crippen molar-refractivity contribution in [3.63, 3.8) is 0 Å². The van der Waals surface area contributed by atoms with E-state index in [0.29, 0.717) is 55.2 Å². The Labute approximate surface area is 224 Å². The van der Waals surface area contributed by atoms with Crippen LogP contribution in [-0.2, 0) is 11.3 Å². The van der Waals surface area contributed by atoms with Gasteiger partial charge in [0.15, 0.2) is 0 Å². The number of aromatic nitrogens is 2. The third kappa shape index (κ3) is 5.13. The summed E-state index contributed by atoms with van der Waals surface area (Å²) in [4.78, 5) is 30.7. The highest BCUT2D eigenvalue weighted by molar-refractivity contribution is 6.36. The van der Waals surface area contributed by atoms with Crippen LogP contribution in [0, 0.1) is 12.8 Å². The molecule has 0 spiro atoms. The normalized spacial score (nSPS) is 11.3. The zero-order valence-electron chi connectivity index (χ0n) is 20.0. The Kier molecular flexibility index (Phi) is 7.71. The predicted molar refractivity (Wildman–Crippen MR) is 149 cm³/mol. The Morgan fingerprint density at radius 1 is 1.03 bits per heavy atom. The maximum atomic E-state index is 13.4. The number of hydrogen-bond acceptors (Lipinski definition) is 4. The first-order valence-corrected chi connectivity index (χ1v) is 12.5. The third-order valence-corrected chi connectivity index (χ3v) is 6.61. The highest BCUT2D eigenvalue weighted by atomic mass is 35.5. The van der Waals surface area contributed by atoms with Gasteiger partial charge in [-0.1, -0.05) is 60.8 Å². The maximum absolute atomic E-state index is 13.4. The number of nitrogens with one attached hydrogen (secondary N) is 1. The molecule has 0 aliphatic carbocycles. The summed E-state index contributed by atoms with van der Waals surface area (Å²) in [7, 11) is 0. The second-order valence-electron chi connectivity index (χ2n) is 8.95. The molecular weight excluding hydrogens is 519 g/mol. The molecule has 9 heteroatoms. The number of anilines is 1. The smallest absolute Gasteiger partial charge is 0.257 e. The first-order chi connectivity index (χ1) is 17.1. The Balaban J connectivity index is 2.17. The van der Waals surface area contributed by atoms with E-state index in [4.69, 9.17) is 45.5 Å². The molecule has 0 radical (unpaired) electrons. The molecule has 36 heavy (non-hydrogen) atoms. The fourth-order valence-electron chi connectivity index (χ4n) is 4.12. The van der Waals surface area contributed by atoms with E-state index >= 15 is 0 Å². The summed E-state index contributed by atoms with van der Waals surface area (Å²) in [5.41, 5.74) is 9.38. The van der Waals surface area contributed by atoms with Crippen molar-refractivity contribution in [3.8, 4) is 22.4 Å². The highest BCUT2D eigenvalue weighted by Gasteiger charge is 2.22. The number of rotatable bonds is 6. The van der Waals surface area contributed by atoms with Crippen LogP contribution in [0.4, 0.5) is 5.69 Å². The lowest BCUT2D eigenvalue weighted by atomic mass is 9.97. The van der Waals surface area contributed by atoms with Crippen molar-refractivity contribution in [3.05, 3.63) is 79.5 Å². The number of carbonyl (C=O) groups excluding carboxylic acids is 1. The number of halogens is 3. The summed E-state index contributed by atoms with van der Waals surface area (Å²) in [6, 6.07) is 14.5. The van der Waals surface area contributed by atoms with Crippen molar-refractivity contribution >= 4 is 57.4 Å². The van der Waals surface area contributed by atoms with E-state index in [-0.39, 0.29) is 18.0 Å². The zero-order valence-corrected chi connectivity index (χ0v) is 22.3. The summed E-state index contributed by atoms with van der Waals surface area (Å²) in [5, 5.41) is 4.94. The molecule has 0 bridgehead atoms. The molecule has 2 heterocycles. The van der Waals surface area contributed by atoms with Gasteiger partial charge in [0.2, 0.25) is 5.91 Å². The molecule has 0 fully saturated rings. The first-order valence-electron chi connectivity index (χ1n) is 11.4. The molecule has 3 N–H and O–H groups in total. The van der Waals surface area contributed by atoms with Gasteiger partial charge in [0.25, 0.3) is 5.56 Å². The summed E-state index contributed by atoms with van der Waals surface area (Å²) in [6.07, 6.45) is 0. The van der Waals surface area contributed by atoms with Crippen LogP contribution in [0.5, 0.6) is 0 Å². The molecule has 1 amide bonds.